The van der Waals surface area contributed by atoms with E-state index in [4.69, 9.17) is 66.3 Å². The van der Waals surface area contributed by atoms with Crippen LogP contribution in [-0.4, -0.2) is 160 Å². The van der Waals surface area contributed by atoms with E-state index in [-0.39, 0.29) is 13.2 Å². The molecule has 0 radical (unpaired) electrons. The molecule has 0 unspecified atom stereocenters. The maximum atomic E-state index is 13.0. The molecule has 362 valence electrons. The molecule has 3 saturated heterocycles. The summed E-state index contributed by atoms with van der Waals surface area (Å²) in [5.41, 5.74) is 0.769. The van der Waals surface area contributed by atoms with Crippen molar-refractivity contribution in [2.75, 3.05) is 20.3 Å². The Balaban J connectivity index is 1.92. The number of methoxy groups -OCH3 is 1. The number of benzene rings is 1. The summed E-state index contributed by atoms with van der Waals surface area (Å²) in [4.78, 5) is 100. The molecule has 4 rings (SSSR count). The van der Waals surface area contributed by atoms with E-state index in [1.165, 1.54) is 21.0 Å². The van der Waals surface area contributed by atoms with E-state index in [0.717, 1.165) is 54.0 Å². The quantitative estimate of drug-likeness (QED) is 0.155. The molecule has 3 heterocycles. The molecule has 1 aromatic rings. The molecule has 3 aliphatic rings. The minimum absolute atomic E-state index is 0.0526. The van der Waals surface area contributed by atoms with Crippen molar-refractivity contribution in [1.82, 2.24) is 5.32 Å². The van der Waals surface area contributed by atoms with Crippen LogP contribution in [0.5, 0.6) is 0 Å². The monoisotopic (exact) mass is 927 g/mol. The Kier molecular flexibility index (Phi) is 19.6. The van der Waals surface area contributed by atoms with Crippen LogP contribution in [0.1, 0.15) is 67.9 Å². The van der Waals surface area contributed by atoms with Gasteiger partial charge in [0.1, 0.15) is 37.1 Å². The third-order valence-corrected chi connectivity index (χ3v) is 9.81. The number of ether oxygens (including phenoxy) is 14. The largest absolute Gasteiger partial charge is 0.463 e. The zero-order valence-corrected chi connectivity index (χ0v) is 37.6. The third-order valence-electron chi connectivity index (χ3n) is 9.81. The van der Waals surface area contributed by atoms with Crippen molar-refractivity contribution in [3.63, 3.8) is 0 Å². The first-order valence-electron chi connectivity index (χ1n) is 20.5. The highest BCUT2D eigenvalue weighted by Gasteiger charge is 2.59. The maximum Gasteiger partial charge on any atom is 0.303 e. The number of rotatable bonds is 18. The van der Waals surface area contributed by atoms with Crippen molar-refractivity contribution >= 4 is 47.7 Å². The zero-order valence-electron chi connectivity index (χ0n) is 37.6. The molecule has 15 atom stereocenters. The fourth-order valence-corrected chi connectivity index (χ4v) is 7.51. The average molecular weight is 928 g/mol. The summed E-state index contributed by atoms with van der Waals surface area (Å²) >= 11 is 0. The first-order chi connectivity index (χ1) is 30.7. The molecule has 0 spiro atoms. The molecule has 23 nitrogen and oxygen atoms in total. The lowest BCUT2D eigenvalue weighted by Crippen LogP contribution is -2.70. The second kappa shape index (κ2) is 24.3. The summed E-state index contributed by atoms with van der Waals surface area (Å²) in [5, 5.41) is 2.72. The maximum absolute atomic E-state index is 13.0. The highest BCUT2D eigenvalue weighted by molar-refractivity contribution is 5.73. The minimum Gasteiger partial charge on any atom is -0.463 e. The molecule has 1 N–H and O–H groups in total. The van der Waals surface area contributed by atoms with E-state index in [0.29, 0.717) is 0 Å². The molecule has 1 amide bonds. The Hall–Kier alpha value is -5.30. The molecule has 3 aliphatic heterocycles. The van der Waals surface area contributed by atoms with Gasteiger partial charge in [-0.1, -0.05) is 30.3 Å². The minimum atomic E-state index is -1.85. The summed E-state index contributed by atoms with van der Waals surface area (Å²) in [6.07, 6.45) is -21.3. The van der Waals surface area contributed by atoms with Gasteiger partial charge in [-0.2, -0.15) is 0 Å². The Morgan fingerprint density at radius 3 is 1.46 bits per heavy atom. The smallest absolute Gasteiger partial charge is 0.303 e. The zero-order chi connectivity index (χ0) is 48.1. The summed E-state index contributed by atoms with van der Waals surface area (Å²) in [7, 11) is 1.27. The van der Waals surface area contributed by atoms with Gasteiger partial charge in [-0.05, 0) is 12.5 Å². The first kappa shape index (κ1) is 52.3. The number of esters is 7. The fraction of sp³-hybridized carbons (Fsp3) is 0.667. The predicted molar refractivity (Wildman–Crippen MR) is 212 cm³/mol. The van der Waals surface area contributed by atoms with E-state index in [2.05, 4.69) is 5.32 Å². The van der Waals surface area contributed by atoms with Crippen LogP contribution < -0.4 is 5.32 Å². The van der Waals surface area contributed by atoms with Gasteiger partial charge >= 0.3 is 41.8 Å². The lowest BCUT2D eigenvalue weighted by Gasteiger charge is -2.51. The van der Waals surface area contributed by atoms with E-state index in [1.807, 2.05) is 18.2 Å². The van der Waals surface area contributed by atoms with Crippen LogP contribution >= 0.6 is 0 Å². The second-order valence-electron chi connectivity index (χ2n) is 15.2. The molecule has 1 aromatic carbocycles. The topological polar surface area (TPSA) is 278 Å². The van der Waals surface area contributed by atoms with Crippen LogP contribution in [0.4, 0.5) is 0 Å². The third kappa shape index (κ3) is 15.1. The van der Waals surface area contributed by atoms with Crippen LogP contribution in [0.3, 0.4) is 0 Å². The van der Waals surface area contributed by atoms with Gasteiger partial charge in [0.15, 0.2) is 55.5 Å². The SMILES string of the molecule is CO[C@@H]1O[C@H](COCc2ccccc2)[C@@H](O[C@@H]2O[C@@H](C)[C@H](OC(C)=O)[C@@H](OC(C)=O)[C@H]2OC(C)=O)[C@H](O[C@@H]2O[C@H](COC(C)=O)[C@H](OC(C)=O)[C@H](OC(C)=O)[C@H]2OC(C)=O)[C@H]1NC(C)=O. The van der Waals surface area contributed by atoms with Crippen molar-refractivity contribution in [2.45, 2.75) is 161 Å². The Morgan fingerprint density at radius 1 is 0.508 bits per heavy atom. The van der Waals surface area contributed by atoms with Crippen molar-refractivity contribution in [2.24, 2.45) is 0 Å². The summed E-state index contributed by atoms with van der Waals surface area (Å²) < 4.78 is 82.8. The predicted octanol–water partition coefficient (Wildman–Crippen LogP) is 0.473. The molecule has 3 fully saturated rings. The van der Waals surface area contributed by atoms with Gasteiger partial charge in [-0.3, -0.25) is 38.4 Å². The van der Waals surface area contributed by atoms with E-state index >= 15 is 0 Å². The molecular formula is C42H57NO22. The summed E-state index contributed by atoms with van der Waals surface area (Å²) in [6, 6.07) is 7.68. The van der Waals surface area contributed by atoms with Crippen LogP contribution in [0.25, 0.3) is 0 Å². The van der Waals surface area contributed by atoms with E-state index in [9.17, 15) is 38.4 Å². The molecular weight excluding hydrogens is 870 g/mol. The molecule has 0 saturated carbocycles. The van der Waals surface area contributed by atoms with Crippen LogP contribution in [0.2, 0.25) is 0 Å². The van der Waals surface area contributed by atoms with Crippen LogP contribution in [-0.2, 0) is 111 Å². The second-order valence-corrected chi connectivity index (χ2v) is 15.2. The van der Waals surface area contributed by atoms with Crippen LogP contribution in [0, 0.1) is 0 Å². The van der Waals surface area contributed by atoms with E-state index in [1.54, 1.807) is 12.1 Å². The number of hydrogen-bond acceptors (Lipinski definition) is 22. The summed E-state index contributed by atoms with van der Waals surface area (Å²) in [6.45, 7) is 9.33. The Labute approximate surface area is 374 Å². The molecule has 23 heteroatoms. The van der Waals surface area contributed by atoms with Gasteiger partial charge in [0, 0.05) is 62.5 Å². The lowest BCUT2D eigenvalue weighted by molar-refractivity contribution is -0.373. The molecule has 0 aromatic heterocycles. The van der Waals surface area contributed by atoms with Crippen LogP contribution in [0.15, 0.2) is 30.3 Å². The average Bonchev–Trinajstić information content (AvgIpc) is 3.20. The Bertz CT molecular complexity index is 1830. The van der Waals surface area contributed by atoms with Crippen molar-refractivity contribution in [1.29, 1.82) is 0 Å². The number of carbonyl (C=O) groups is 8. The van der Waals surface area contributed by atoms with Gasteiger partial charge < -0.3 is 71.6 Å². The van der Waals surface area contributed by atoms with Crippen molar-refractivity contribution < 1.29 is 105 Å². The number of hydrogen-bond donors (Lipinski definition) is 1. The highest BCUT2D eigenvalue weighted by Crippen LogP contribution is 2.37. The molecule has 65 heavy (non-hydrogen) atoms. The lowest BCUT2D eigenvalue weighted by atomic mass is 9.94. The fourth-order valence-electron chi connectivity index (χ4n) is 7.51. The Morgan fingerprint density at radius 2 is 0.954 bits per heavy atom. The van der Waals surface area contributed by atoms with Gasteiger partial charge in [0.05, 0.1) is 19.3 Å². The standard InChI is InChI=1S/C42H57NO22/c1-19-32(56-22(4)46)36(58-24(6)48)38(60-26(8)50)41(55-19)64-33-29(17-53-16-28-14-12-11-13-15-28)62-40(52-10)31(43-20(2)44)35(33)65-42-39(61-27(9)51)37(59-25(7)49)34(57-23(5)47)30(63-42)18-54-21(3)45/h11-15,19,29-42H,16-18H2,1-10H3,(H,43,44)/t19-,29+,30+,31+,32-,33+,34-,35+,36+,37-,38+,39+,40+,41-,42-/m0/s1. The highest BCUT2D eigenvalue weighted by atomic mass is 16.8. The number of nitrogens with one attached hydrogen (secondary N) is 1. The van der Waals surface area contributed by atoms with Gasteiger partial charge in [0.2, 0.25) is 5.91 Å². The van der Waals surface area contributed by atoms with Crippen molar-refractivity contribution in [3.8, 4) is 0 Å². The van der Waals surface area contributed by atoms with E-state index < -0.39 is 146 Å². The number of carbonyl (C=O) groups excluding carboxylic acids is 8. The molecule has 0 bridgehead atoms. The van der Waals surface area contributed by atoms with Crippen molar-refractivity contribution in [3.05, 3.63) is 35.9 Å². The summed E-state index contributed by atoms with van der Waals surface area (Å²) in [5.74, 6) is -6.62. The van der Waals surface area contributed by atoms with Gasteiger partial charge in [0.25, 0.3) is 0 Å². The molecule has 0 aliphatic carbocycles. The first-order valence-corrected chi connectivity index (χ1v) is 20.5. The van der Waals surface area contributed by atoms with Gasteiger partial charge in [-0.25, -0.2) is 0 Å². The normalized spacial score (nSPS) is 32.1. The van der Waals surface area contributed by atoms with Gasteiger partial charge in [-0.15, -0.1) is 0 Å². The number of amides is 1.